The summed E-state index contributed by atoms with van der Waals surface area (Å²) in [5, 5.41) is 10.9. The van der Waals surface area contributed by atoms with Gasteiger partial charge in [0.1, 0.15) is 6.04 Å². The van der Waals surface area contributed by atoms with Gasteiger partial charge in [-0.3, -0.25) is 9.69 Å². The number of carboxylic acids is 1. The lowest BCUT2D eigenvalue weighted by molar-refractivity contribution is -0.144. The Morgan fingerprint density at radius 2 is 1.77 bits per heavy atom. The third-order valence-corrected chi connectivity index (χ3v) is 5.53. The summed E-state index contributed by atoms with van der Waals surface area (Å²) in [6.45, 7) is 1.65. The van der Waals surface area contributed by atoms with Crippen LogP contribution in [0.1, 0.15) is 30.0 Å². The van der Waals surface area contributed by atoms with Gasteiger partial charge in [0.2, 0.25) is 0 Å². The molecular weight excluding hydrogens is 324 g/mol. The standard InChI is InChI=1S/C22H24N2O2/c25-22(26)21(19-15-23-20-9-5-4-8-18(19)20)24-12-10-17(11-13-24)14-16-6-2-1-3-7-16/h1-9,15,17,21,23H,10-14H2,(H,25,26)/t21-/m1/s1. The summed E-state index contributed by atoms with van der Waals surface area (Å²) < 4.78 is 0. The number of likely N-dealkylation sites (tertiary alicyclic amines) is 1. The van der Waals surface area contributed by atoms with Gasteiger partial charge in [-0.25, -0.2) is 0 Å². The maximum absolute atomic E-state index is 12.1. The predicted molar refractivity (Wildman–Crippen MR) is 103 cm³/mol. The largest absolute Gasteiger partial charge is 0.480 e. The molecule has 1 atom stereocenters. The Kier molecular flexibility index (Phi) is 4.76. The Hall–Kier alpha value is -2.59. The number of aromatic nitrogens is 1. The summed E-state index contributed by atoms with van der Waals surface area (Å²) in [5.74, 6) is -0.137. The van der Waals surface area contributed by atoms with Gasteiger partial charge in [0.15, 0.2) is 0 Å². The molecule has 4 rings (SSSR count). The van der Waals surface area contributed by atoms with Crippen LogP contribution in [-0.2, 0) is 11.2 Å². The fourth-order valence-corrected chi connectivity index (χ4v) is 4.17. The number of hydrogen-bond donors (Lipinski definition) is 2. The third-order valence-electron chi connectivity index (χ3n) is 5.53. The van der Waals surface area contributed by atoms with Crippen molar-refractivity contribution in [1.29, 1.82) is 0 Å². The first kappa shape index (κ1) is 16.9. The number of fused-ring (bicyclic) bond motifs is 1. The highest BCUT2D eigenvalue weighted by molar-refractivity contribution is 5.89. The number of hydrogen-bond acceptors (Lipinski definition) is 2. The average Bonchev–Trinajstić information content (AvgIpc) is 3.08. The van der Waals surface area contributed by atoms with E-state index in [4.69, 9.17) is 0 Å². The fraction of sp³-hybridized carbons (Fsp3) is 0.318. The van der Waals surface area contributed by atoms with Crippen molar-refractivity contribution in [1.82, 2.24) is 9.88 Å². The van der Waals surface area contributed by atoms with Crippen molar-refractivity contribution in [2.45, 2.75) is 25.3 Å². The van der Waals surface area contributed by atoms with Crippen molar-refractivity contribution in [3.63, 3.8) is 0 Å². The Morgan fingerprint density at radius 3 is 2.50 bits per heavy atom. The molecule has 0 spiro atoms. The van der Waals surface area contributed by atoms with Crippen molar-refractivity contribution in [3.05, 3.63) is 71.9 Å². The van der Waals surface area contributed by atoms with Crippen LogP contribution in [0.4, 0.5) is 0 Å². The fourth-order valence-electron chi connectivity index (χ4n) is 4.17. The number of aromatic amines is 1. The van der Waals surface area contributed by atoms with Gasteiger partial charge < -0.3 is 10.1 Å². The number of benzene rings is 2. The molecule has 0 bridgehead atoms. The van der Waals surface area contributed by atoms with Crippen LogP contribution >= 0.6 is 0 Å². The molecule has 26 heavy (non-hydrogen) atoms. The van der Waals surface area contributed by atoms with Crippen molar-refractivity contribution < 1.29 is 9.90 Å². The highest BCUT2D eigenvalue weighted by Gasteiger charge is 2.32. The molecule has 1 saturated heterocycles. The molecule has 2 N–H and O–H groups in total. The molecule has 0 radical (unpaired) electrons. The summed E-state index contributed by atoms with van der Waals surface area (Å²) in [6.07, 6.45) is 5.03. The zero-order valence-electron chi connectivity index (χ0n) is 14.8. The van der Waals surface area contributed by atoms with E-state index in [-0.39, 0.29) is 0 Å². The van der Waals surface area contributed by atoms with Gasteiger partial charge >= 0.3 is 5.97 Å². The molecular formula is C22H24N2O2. The number of carbonyl (C=O) groups is 1. The van der Waals surface area contributed by atoms with E-state index in [1.54, 1.807) is 0 Å². The van der Waals surface area contributed by atoms with E-state index in [0.717, 1.165) is 48.8 Å². The van der Waals surface area contributed by atoms with Gasteiger partial charge in [-0.2, -0.15) is 0 Å². The topological polar surface area (TPSA) is 56.3 Å². The maximum atomic E-state index is 12.1. The number of piperidine rings is 1. The highest BCUT2D eigenvalue weighted by atomic mass is 16.4. The van der Waals surface area contributed by atoms with Crippen LogP contribution in [0.25, 0.3) is 10.9 Å². The monoisotopic (exact) mass is 348 g/mol. The van der Waals surface area contributed by atoms with Crippen molar-refractivity contribution >= 4 is 16.9 Å². The van der Waals surface area contributed by atoms with Crippen LogP contribution in [0.15, 0.2) is 60.8 Å². The lowest BCUT2D eigenvalue weighted by Gasteiger charge is -2.35. The molecule has 4 nitrogen and oxygen atoms in total. The van der Waals surface area contributed by atoms with Crippen LogP contribution in [0.5, 0.6) is 0 Å². The number of rotatable bonds is 5. The molecule has 2 aromatic carbocycles. The molecule has 1 fully saturated rings. The molecule has 3 aromatic rings. The van der Waals surface area contributed by atoms with E-state index < -0.39 is 12.0 Å². The first-order valence-electron chi connectivity index (χ1n) is 9.29. The number of para-hydroxylation sites is 1. The summed E-state index contributed by atoms with van der Waals surface area (Å²) in [7, 11) is 0. The molecule has 2 heterocycles. The molecule has 4 heteroatoms. The molecule has 1 aliphatic heterocycles. The average molecular weight is 348 g/mol. The number of nitrogens with zero attached hydrogens (tertiary/aromatic N) is 1. The Labute approximate surface area is 153 Å². The van der Waals surface area contributed by atoms with Crippen LogP contribution in [0.3, 0.4) is 0 Å². The lowest BCUT2D eigenvalue weighted by atomic mass is 9.89. The van der Waals surface area contributed by atoms with Crippen LogP contribution in [-0.4, -0.2) is 34.0 Å². The van der Waals surface area contributed by atoms with Crippen LogP contribution < -0.4 is 0 Å². The first-order valence-corrected chi connectivity index (χ1v) is 9.29. The minimum absolute atomic E-state index is 0.580. The minimum Gasteiger partial charge on any atom is -0.480 e. The third kappa shape index (κ3) is 3.37. The smallest absolute Gasteiger partial charge is 0.325 e. The van der Waals surface area contributed by atoms with Gasteiger partial charge in [-0.1, -0.05) is 48.5 Å². The van der Waals surface area contributed by atoms with Crippen molar-refractivity contribution in [2.75, 3.05) is 13.1 Å². The number of H-pyrrole nitrogens is 1. The molecule has 1 aromatic heterocycles. The Bertz CT molecular complexity index is 879. The Balaban J connectivity index is 1.48. The molecule has 0 unspecified atom stereocenters. The zero-order valence-corrected chi connectivity index (χ0v) is 14.8. The van der Waals surface area contributed by atoms with E-state index in [1.807, 2.05) is 36.5 Å². The second-order valence-electron chi connectivity index (χ2n) is 7.20. The van der Waals surface area contributed by atoms with Crippen LogP contribution in [0, 0.1) is 5.92 Å². The predicted octanol–water partition coefficient (Wildman–Crippen LogP) is 4.25. The van der Waals surface area contributed by atoms with Gasteiger partial charge in [-0.15, -0.1) is 0 Å². The molecule has 0 aliphatic carbocycles. The lowest BCUT2D eigenvalue weighted by Crippen LogP contribution is -2.40. The molecule has 0 saturated carbocycles. The number of carboxylic acid groups (broad SMARTS) is 1. The summed E-state index contributed by atoms with van der Waals surface area (Å²) >= 11 is 0. The van der Waals surface area contributed by atoms with Crippen LogP contribution in [0.2, 0.25) is 0 Å². The second kappa shape index (κ2) is 7.34. The number of nitrogens with one attached hydrogen (secondary N) is 1. The van der Waals surface area contributed by atoms with Crippen molar-refractivity contribution in [2.24, 2.45) is 5.92 Å². The minimum atomic E-state index is -0.767. The van der Waals surface area contributed by atoms with E-state index in [0.29, 0.717) is 5.92 Å². The number of aliphatic carboxylic acids is 1. The van der Waals surface area contributed by atoms with E-state index in [2.05, 4.69) is 34.1 Å². The van der Waals surface area contributed by atoms with Gasteiger partial charge in [0.25, 0.3) is 0 Å². The molecule has 134 valence electrons. The maximum Gasteiger partial charge on any atom is 0.325 e. The first-order chi connectivity index (χ1) is 12.7. The van der Waals surface area contributed by atoms with E-state index in [9.17, 15) is 9.90 Å². The van der Waals surface area contributed by atoms with E-state index in [1.165, 1.54) is 5.56 Å². The highest BCUT2D eigenvalue weighted by Crippen LogP contribution is 2.32. The second-order valence-corrected chi connectivity index (χ2v) is 7.20. The van der Waals surface area contributed by atoms with Gasteiger partial charge in [-0.05, 0) is 49.9 Å². The normalized spacial score (nSPS) is 17.4. The van der Waals surface area contributed by atoms with Crippen molar-refractivity contribution in [3.8, 4) is 0 Å². The molecule has 1 aliphatic rings. The SMILES string of the molecule is O=C(O)[C@@H](c1c[nH]c2ccccc12)N1CCC(Cc2ccccc2)CC1. The summed E-state index contributed by atoms with van der Waals surface area (Å²) in [6, 6.07) is 17.9. The summed E-state index contributed by atoms with van der Waals surface area (Å²) in [5.41, 5.74) is 3.24. The zero-order chi connectivity index (χ0) is 17.9. The summed E-state index contributed by atoms with van der Waals surface area (Å²) in [4.78, 5) is 17.4. The van der Waals surface area contributed by atoms with Gasteiger partial charge in [0.05, 0.1) is 0 Å². The van der Waals surface area contributed by atoms with E-state index >= 15 is 0 Å². The quantitative estimate of drug-likeness (QED) is 0.725. The Morgan fingerprint density at radius 1 is 1.08 bits per heavy atom. The van der Waals surface area contributed by atoms with Gasteiger partial charge in [0, 0.05) is 22.7 Å². The molecule has 0 amide bonds.